The number of hydrogen-bond donors (Lipinski definition) is 0. The minimum Gasteiger partial charge on any atom is -0.497 e. The zero-order valence-corrected chi connectivity index (χ0v) is 11.8. The predicted molar refractivity (Wildman–Crippen MR) is 75.8 cm³/mol. The molecule has 0 fully saturated rings. The molecule has 0 aromatic heterocycles. The van der Waals surface area contributed by atoms with Gasteiger partial charge in [-0.2, -0.15) is 0 Å². The lowest BCUT2D eigenvalue weighted by Crippen LogP contribution is -2.36. The summed E-state index contributed by atoms with van der Waals surface area (Å²) in [5.74, 6) is 0.623. The highest BCUT2D eigenvalue weighted by Gasteiger charge is 2.46. The molecule has 104 valence electrons. The van der Waals surface area contributed by atoms with Gasteiger partial charge in [0.15, 0.2) is 11.4 Å². The number of methoxy groups -OCH3 is 1. The van der Waals surface area contributed by atoms with Gasteiger partial charge >= 0.3 is 0 Å². The fourth-order valence-corrected chi connectivity index (χ4v) is 2.71. The zero-order valence-electron chi connectivity index (χ0n) is 11.1. The van der Waals surface area contributed by atoms with E-state index in [0.29, 0.717) is 30.0 Å². The second-order valence-electron chi connectivity index (χ2n) is 4.99. The third-order valence-electron chi connectivity index (χ3n) is 3.70. The summed E-state index contributed by atoms with van der Waals surface area (Å²) < 4.78 is 5.32. The number of ketones is 1. The van der Waals surface area contributed by atoms with Crippen LogP contribution in [-0.2, 0) is 14.4 Å². The maximum atomic E-state index is 11.5. The minimum atomic E-state index is -0.627. The Morgan fingerprint density at radius 3 is 2.80 bits per heavy atom. The van der Waals surface area contributed by atoms with E-state index in [1.165, 1.54) is 6.08 Å². The van der Waals surface area contributed by atoms with Crippen LogP contribution in [0.4, 0.5) is 0 Å². The largest absolute Gasteiger partial charge is 0.497 e. The lowest BCUT2D eigenvalue weighted by atomic mass is 9.83. The Bertz CT molecular complexity index is 606. The van der Waals surface area contributed by atoms with Crippen molar-refractivity contribution in [3.05, 3.63) is 46.7 Å². The second-order valence-corrected chi connectivity index (χ2v) is 5.42. The van der Waals surface area contributed by atoms with Gasteiger partial charge < -0.3 is 9.57 Å². The van der Waals surface area contributed by atoms with Gasteiger partial charge in [0.1, 0.15) is 5.76 Å². The molecule has 0 bridgehead atoms. The Labute approximate surface area is 122 Å². The van der Waals surface area contributed by atoms with Crippen molar-refractivity contribution < 1.29 is 14.4 Å². The number of ether oxygens (including phenoxy) is 1. The summed E-state index contributed by atoms with van der Waals surface area (Å²) in [6.07, 6.45) is 3.16. The third kappa shape index (κ3) is 2.20. The summed E-state index contributed by atoms with van der Waals surface area (Å²) in [7, 11) is 1.55. The van der Waals surface area contributed by atoms with Crippen LogP contribution in [0, 0.1) is 0 Å². The molecule has 3 rings (SSSR count). The summed E-state index contributed by atoms with van der Waals surface area (Å²) in [6, 6.07) is 7.46. The Morgan fingerprint density at radius 2 is 2.10 bits per heavy atom. The summed E-state index contributed by atoms with van der Waals surface area (Å²) in [5.41, 5.74) is 1.19. The number of hydrogen-bond acceptors (Lipinski definition) is 4. The highest BCUT2D eigenvalue weighted by atomic mass is 35.5. The van der Waals surface area contributed by atoms with Gasteiger partial charge in [-0.3, -0.25) is 4.79 Å². The topological polar surface area (TPSA) is 47.9 Å². The van der Waals surface area contributed by atoms with E-state index >= 15 is 0 Å². The number of carbonyl (C=O) groups is 1. The molecule has 1 aliphatic carbocycles. The van der Waals surface area contributed by atoms with Gasteiger partial charge in [-0.1, -0.05) is 28.9 Å². The van der Waals surface area contributed by atoms with E-state index in [1.807, 2.05) is 24.3 Å². The molecule has 1 aliphatic heterocycles. The molecule has 4 nitrogen and oxygen atoms in total. The fourth-order valence-electron chi connectivity index (χ4n) is 2.58. The quantitative estimate of drug-likeness (QED) is 0.841. The first-order valence-electron chi connectivity index (χ1n) is 6.43. The van der Waals surface area contributed by atoms with Crippen molar-refractivity contribution in [3.8, 4) is 0 Å². The molecule has 20 heavy (non-hydrogen) atoms. The average Bonchev–Trinajstić information content (AvgIpc) is 2.88. The lowest BCUT2D eigenvalue weighted by molar-refractivity contribution is -0.119. The summed E-state index contributed by atoms with van der Waals surface area (Å²) >= 11 is 5.88. The van der Waals surface area contributed by atoms with Crippen LogP contribution in [0.25, 0.3) is 0 Å². The smallest absolute Gasteiger partial charge is 0.200 e. The first-order chi connectivity index (χ1) is 9.63. The van der Waals surface area contributed by atoms with Gasteiger partial charge in [-0.15, -0.1) is 0 Å². The van der Waals surface area contributed by atoms with Crippen LogP contribution in [-0.4, -0.2) is 24.2 Å². The molecule has 1 unspecified atom stereocenters. The Kier molecular flexibility index (Phi) is 3.26. The molecule has 1 heterocycles. The lowest BCUT2D eigenvalue weighted by Gasteiger charge is -2.30. The molecule has 2 aliphatic rings. The number of oxime groups is 1. The molecule has 0 N–H and O–H groups in total. The van der Waals surface area contributed by atoms with Crippen molar-refractivity contribution in [1.29, 1.82) is 0 Å². The van der Waals surface area contributed by atoms with Crippen molar-refractivity contribution in [2.75, 3.05) is 7.11 Å². The number of benzene rings is 1. The predicted octanol–water partition coefficient (Wildman–Crippen LogP) is 3.10. The van der Waals surface area contributed by atoms with Crippen LogP contribution in [0.2, 0.25) is 5.02 Å². The van der Waals surface area contributed by atoms with Gasteiger partial charge in [-0.25, -0.2) is 0 Å². The molecular weight excluding hydrogens is 278 g/mol. The number of halogens is 1. The average molecular weight is 292 g/mol. The van der Waals surface area contributed by atoms with Crippen LogP contribution in [0.1, 0.15) is 24.8 Å². The van der Waals surface area contributed by atoms with E-state index in [-0.39, 0.29) is 5.78 Å². The van der Waals surface area contributed by atoms with E-state index < -0.39 is 5.60 Å². The van der Waals surface area contributed by atoms with Gasteiger partial charge in [0.2, 0.25) is 0 Å². The van der Waals surface area contributed by atoms with Gasteiger partial charge in [0, 0.05) is 30.4 Å². The highest BCUT2D eigenvalue weighted by molar-refractivity contribution is 6.30. The minimum absolute atomic E-state index is 0.0658. The Morgan fingerprint density at radius 1 is 1.35 bits per heavy atom. The third-order valence-corrected chi connectivity index (χ3v) is 3.95. The molecule has 0 saturated heterocycles. The molecule has 0 radical (unpaired) electrons. The molecule has 0 amide bonds. The van der Waals surface area contributed by atoms with E-state index in [9.17, 15) is 4.79 Å². The number of allylic oxidation sites excluding steroid dienone is 1. The van der Waals surface area contributed by atoms with Crippen LogP contribution >= 0.6 is 11.6 Å². The molecule has 5 heteroatoms. The first-order valence-corrected chi connectivity index (χ1v) is 6.81. The summed E-state index contributed by atoms with van der Waals surface area (Å²) in [6.45, 7) is 0. The highest BCUT2D eigenvalue weighted by Crippen LogP contribution is 2.40. The van der Waals surface area contributed by atoms with Crippen LogP contribution in [0.15, 0.2) is 41.3 Å². The van der Waals surface area contributed by atoms with Gasteiger partial charge in [0.25, 0.3) is 0 Å². The molecule has 1 aromatic carbocycles. The SMILES string of the molecule is COC1=CC(=O)CCC12CC(c1ccc(Cl)cc1)=NO2. The molecule has 1 atom stereocenters. The molecule has 1 aromatic rings. The standard InChI is InChI=1S/C15H14ClNO3/c1-19-14-8-12(18)6-7-15(14)9-13(17-20-15)10-2-4-11(16)5-3-10/h2-5,8H,6-7,9H2,1H3. The number of rotatable bonds is 2. The van der Waals surface area contributed by atoms with Crippen LogP contribution in [0.3, 0.4) is 0 Å². The van der Waals surface area contributed by atoms with Gasteiger partial charge in [0.05, 0.1) is 12.8 Å². The normalized spacial score (nSPS) is 25.2. The summed E-state index contributed by atoms with van der Waals surface area (Å²) in [4.78, 5) is 17.1. The second kappa shape index (κ2) is 4.94. The van der Waals surface area contributed by atoms with E-state index in [4.69, 9.17) is 21.2 Å². The molecule has 0 saturated carbocycles. The van der Waals surface area contributed by atoms with Crippen molar-refractivity contribution in [2.24, 2.45) is 5.16 Å². The van der Waals surface area contributed by atoms with Crippen molar-refractivity contribution in [3.63, 3.8) is 0 Å². The van der Waals surface area contributed by atoms with E-state index in [0.717, 1.165) is 11.3 Å². The maximum absolute atomic E-state index is 11.5. The van der Waals surface area contributed by atoms with Crippen molar-refractivity contribution >= 4 is 23.1 Å². The van der Waals surface area contributed by atoms with E-state index in [2.05, 4.69) is 5.16 Å². The molecule has 1 spiro atoms. The summed E-state index contributed by atoms with van der Waals surface area (Å²) in [5, 5.41) is 4.86. The number of carbonyl (C=O) groups excluding carboxylic acids is 1. The number of nitrogens with zero attached hydrogens (tertiary/aromatic N) is 1. The van der Waals surface area contributed by atoms with Crippen molar-refractivity contribution in [1.82, 2.24) is 0 Å². The van der Waals surface area contributed by atoms with Gasteiger partial charge in [-0.05, 0) is 17.7 Å². The maximum Gasteiger partial charge on any atom is 0.200 e. The fraction of sp³-hybridized carbons (Fsp3) is 0.333. The van der Waals surface area contributed by atoms with Crippen LogP contribution < -0.4 is 0 Å². The first kappa shape index (κ1) is 13.2. The van der Waals surface area contributed by atoms with Crippen LogP contribution in [0.5, 0.6) is 0 Å². The monoisotopic (exact) mass is 291 g/mol. The Hall–Kier alpha value is -1.81. The van der Waals surface area contributed by atoms with Crippen molar-refractivity contribution in [2.45, 2.75) is 24.9 Å². The molecular formula is C15H14ClNO3. The Balaban J connectivity index is 1.86. The van der Waals surface area contributed by atoms with E-state index in [1.54, 1.807) is 7.11 Å². The zero-order chi connectivity index (χ0) is 14.2.